The van der Waals surface area contributed by atoms with E-state index in [1.807, 2.05) is 6.07 Å². The molecule has 0 radical (unpaired) electrons. The zero-order valence-corrected chi connectivity index (χ0v) is 11.2. The van der Waals surface area contributed by atoms with Crippen molar-refractivity contribution in [2.45, 2.75) is 26.2 Å². The predicted octanol–water partition coefficient (Wildman–Crippen LogP) is 2.35. The molecule has 3 nitrogen and oxygen atoms in total. The van der Waals surface area contributed by atoms with Crippen molar-refractivity contribution in [3.05, 3.63) is 22.3 Å². The van der Waals surface area contributed by atoms with E-state index in [0.29, 0.717) is 20.2 Å². The van der Waals surface area contributed by atoms with Gasteiger partial charge in [0.05, 0.1) is 0 Å². The molecular formula is C12H15NO2Se. The molecule has 0 saturated heterocycles. The molecule has 2 aromatic rings. The number of ether oxygens (including phenoxy) is 1. The Morgan fingerprint density at radius 3 is 3.06 bits per heavy atom. The van der Waals surface area contributed by atoms with Gasteiger partial charge in [0.25, 0.3) is 0 Å². The summed E-state index contributed by atoms with van der Waals surface area (Å²) in [6.07, 6.45) is 3.50. The van der Waals surface area contributed by atoms with E-state index in [2.05, 4.69) is 16.8 Å². The van der Waals surface area contributed by atoms with Crippen LogP contribution in [0.4, 0.5) is 0 Å². The van der Waals surface area contributed by atoms with Crippen LogP contribution >= 0.6 is 0 Å². The summed E-state index contributed by atoms with van der Waals surface area (Å²) in [6, 6.07) is 1.93. The molecule has 0 amide bonds. The molecule has 0 aliphatic rings. The first-order valence-corrected chi connectivity index (χ1v) is 7.28. The quantitative estimate of drug-likeness (QED) is 0.691. The molecule has 0 aliphatic carbocycles. The first-order chi connectivity index (χ1) is 7.76. The molecule has 0 fully saturated rings. The van der Waals surface area contributed by atoms with Gasteiger partial charge in [-0.2, -0.15) is 0 Å². The molecule has 1 N–H and O–H groups in total. The van der Waals surface area contributed by atoms with Crippen molar-refractivity contribution in [1.82, 2.24) is 4.98 Å². The standard InChI is InChI=1S/C12H15NO2Se/c1-3-4-5-8-7-16-10-6-9(12(14)15-2)13-11(8)10/h6-7,13H,3-5H2,1-2H3. The van der Waals surface area contributed by atoms with Gasteiger partial charge in [0, 0.05) is 0 Å². The molecule has 2 rings (SSSR count). The van der Waals surface area contributed by atoms with Crippen LogP contribution in [0.25, 0.3) is 9.78 Å². The fraction of sp³-hybridized carbons (Fsp3) is 0.417. The van der Waals surface area contributed by atoms with Crippen LogP contribution in [0.15, 0.2) is 11.0 Å². The van der Waals surface area contributed by atoms with Gasteiger partial charge in [0.15, 0.2) is 0 Å². The van der Waals surface area contributed by atoms with Crippen molar-refractivity contribution in [3.63, 3.8) is 0 Å². The third kappa shape index (κ3) is 2.08. The number of hydrogen-bond acceptors (Lipinski definition) is 2. The van der Waals surface area contributed by atoms with Crippen LogP contribution in [0, 0.1) is 0 Å². The fourth-order valence-electron chi connectivity index (χ4n) is 1.73. The first kappa shape index (κ1) is 11.5. The van der Waals surface area contributed by atoms with Crippen molar-refractivity contribution < 1.29 is 9.53 Å². The van der Waals surface area contributed by atoms with Crippen LogP contribution in [0.2, 0.25) is 0 Å². The van der Waals surface area contributed by atoms with E-state index in [4.69, 9.17) is 4.74 Å². The van der Waals surface area contributed by atoms with Gasteiger partial charge in [-0.1, -0.05) is 0 Å². The Bertz CT molecular complexity index is 498. The number of aryl methyl sites for hydroxylation is 1. The first-order valence-electron chi connectivity index (χ1n) is 5.43. The summed E-state index contributed by atoms with van der Waals surface area (Å²) < 4.78 is 5.98. The normalized spacial score (nSPS) is 10.9. The van der Waals surface area contributed by atoms with E-state index >= 15 is 0 Å². The summed E-state index contributed by atoms with van der Waals surface area (Å²) in [5.41, 5.74) is 3.11. The van der Waals surface area contributed by atoms with Crippen LogP contribution in [0.3, 0.4) is 0 Å². The van der Waals surface area contributed by atoms with Crippen LogP contribution in [0.1, 0.15) is 35.8 Å². The number of nitrogens with one attached hydrogen (secondary N) is 1. The Balaban J connectivity index is 2.31. The monoisotopic (exact) mass is 285 g/mol. The number of rotatable bonds is 4. The number of unbranched alkanes of at least 4 members (excludes halogenated alkanes) is 1. The van der Waals surface area contributed by atoms with Gasteiger partial charge in [-0.25, -0.2) is 0 Å². The summed E-state index contributed by atoms with van der Waals surface area (Å²) >= 11 is 0.376. The number of methoxy groups -OCH3 is 1. The summed E-state index contributed by atoms with van der Waals surface area (Å²) in [4.78, 5) is 16.9. The number of aromatic nitrogens is 1. The number of fused-ring (bicyclic) bond motifs is 1. The number of carbonyl (C=O) groups excluding carboxylic acids is 1. The molecular weight excluding hydrogens is 269 g/mol. The number of H-pyrrole nitrogens is 1. The Hall–Kier alpha value is -0.991. The molecule has 0 saturated carbocycles. The molecule has 0 aromatic carbocycles. The molecule has 0 atom stereocenters. The SMILES string of the molecule is CCCCc1c[se]c2cc(C(=O)OC)[nH]c12. The molecule has 2 aromatic heterocycles. The van der Waals surface area contributed by atoms with E-state index in [-0.39, 0.29) is 5.97 Å². The minimum atomic E-state index is -0.278. The Morgan fingerprint density at radius 2 is 2.38 bits per heavy atom. The summed E-state index contributed by atoms with van der Waals surface area (Å²) in [5, 5.41) is 0. The van der Waals surface area contributed by atoms with Crippen LogP contribution in [-0.2, 0) is 11.2 Å². The van der Waals surface area contributed by atoms with Crippen molar-refractivity contribution in [1.29, 1.82) is 0 Å². The van der Waals surface area contributed by atoms with E-state index < -0.39 is 0 Å². The average Bonchev–Trinajstić information content (AvgIpc) is 2.85. The van der Waals surface area contributed by atoms with Crippen molar-refractivity contribution in [3.8, 4) is 0 Å². The molecule has 0 bridgehead atoms. The van der Waals surface area contributed by atoms with Gasteiger partial charge in [0.1, 0.15) is 0 Å². The van der Waals surface area contributed by atoms with Crippen LogP contribution < -0.4 is 0 Å². The minimum absolute atomic E-state index is 0.278. The zero-order valence-electron chi connectivity index (χ0n) is 9.50. The van der Waals surface area contributed by atoms with Gasteiger partial charge in [0.2, 0.25) is 0 Å². The molecule has 0 aliphatic heterocycles. The van der Waals surface area contributed by atoms with Gasteiger partial charge in [-0.05, 0) is 0 Å². The molecule has 4 heteroatoms. The molecule has 16 heavy (non-hydrogen) atoms. The molecule has 86 valence electrons. The van der Waals surface area contributed by atoms with Crippen LogP contribution in [-0.4, -0.2) is 32.6 Å². The number of carbonyl (C=O) groups is 1. The Labute approximate surface area is 101 Å². The van der Waals surface area contributed by atoms with Gasteiger partial charge >= 0.3 is 100 Å². The fourth-order valence-corrected chi connectivity index (χ4v) is 3.81. The third-order valence-corrected chi connectivity index (χ3v) is 4.69. The van der Waals surface area contributed by atoms with Gasteiger partial charge in [-0.3, -0.25) is 0 Å². The summed E-state index contributed by atoms with van der Waals surface area (Å²) in [5.74, 6) is -0.278. The Kier molecular flexibility index (Phi) is 3.52. The van der Waals surface area contributed by atoms with Crippen molar-refractivity contribution in [2.75, 3.05) is 7.11 Å². The third-order valence-electron chi connectivity index (χ3n) is 2.64. The molecule has 0 unspecified atom stereocenters. The predicted molar refractivity (Wildman–Crippen MR) is 65.2 cm³/mol. The van der Waals surface area contributed by atoms with E-state index in [1.54, 1.807) is 0 Å². The number of esters is 1. The number of hydrogen-bond donors (Lipinski definition) is 1. The Morgan fingerprint density at radius 1 is 1.56 bits per heavy atom. The maximum atomic E-state index is 11.4. The molecule has 2 heterocycles. The zero-order chi connectivity index (χ0) is 11.5. The van der Waals surface area contributed by atoms with Crippen molar-refractivity contribution >= 4 is 30.2 Å². The van der Waals surface area contributed by atoms with Crippen LogP contribution in [0.5, 0.6) is 0 Å². The topological polar surface area (TPSA) is 42.1 Å². The summed E-state index contributed by atoms with van der Waals surface area (Å²) in [7, 11) is 1.41. The van der Waals surface area contributed by atoms with Gasteiger partial charge < -0.3 is 0 Å². The van der Waals surface area contributed by atoms with Gasteiger partial charge in [-0.15, -0.1) is 0 Å². The number of aromatic amines is 1. The van der Waals surface area contributed by atoms with E-state index in [1.165, 1.54) is 29.8 Å². The second kappa shape index (κ2) is 4.89. The second-order valence-electron chi connectivity index (χ2n) is 3.78. The second-order valence-corrected chi connectivity index (χ2v) is 5.69. The van der Waals surface area contributed by atoms with Crippen molar-refractivity contribution in [2.24, 2.45) is 0 Å². The average molecular weight is 284 g/mol. The van der Waals surface area contributed by atoms with E-state index in [9.17, 15) is 4.79 Å². The summed E-state index contributed by atoms with van der Waals surface area (Å²) in [6.45, 7) is 2.19. The molecule has 0 spiro atoms. The van der Waals surface area contributed by atoms with E-state index in [0.717, 1.165) is 11.9 Å². The maximum absolute atomic E-state index is 11.4.